The van der Waals surface area contributed by atoms with Gasteiger partial charge in [-0.1, -0.05) is 6.92 Å². The van der Waals surface area contributed by atoms with Gasteiger partial charge in [-0.05, 0) is 44.9 Å². The molecule has 1 aromatic carbocycles. The van der Waals surface area contributed by atoms with Crippen LogP contribution >= 0.6 is 0 Å². The zero-order chi connectivity index (χ0) is 16.8. The first-order chi connectivity index (χ1) is 11.0. The lowest BCUT2D eigenvalue weighted by atomic mass is 10.0. The summed E-state index contributed by atoms with van der Waals surface area (Å²) in [6.07, 6.45) is 2.11. The normalized spacial score (nSPS) is 17.7. The van der Waals surface area contributed by atoms with Crippen LogP contribution in [0.15, 0.2) is 18.2 Å². The number of nitrogens with zero attached hydrogens (tertiary/aromatic N) is 1. The number of hydrogen-bond acceptors (Lipinski definition) is 3. The Morgan fingerprint density at radius 2 is 2.09 bits per heavy atom. The van der Waals surface area contributed by atoms with E-state index >= 15 is 0 Å². The van der Waals surface area contributed by atoms with Crippen molar-refractivity contribution in [2.75, 3.05) is 19.6 Å². The summed E-state index contributed by atoms with van der Waals surface area (Å²) in [5, 5.41) is 2.95. The van der Waals surface area contributed by atoms with Gasteiger partial charge in [-0.15, -0.1) is 0 Å². The van der Waals surface area contributed by atoms with Crippen molar-refractivity contribution in [2.24, 2.45) is 0 Å². The Morgan fingerprint density at radius 3 is 2.70 bits per heavy atom. The average molecular weight is 326 g/mol. The van der Waals surface area contributed by atoms with E-state index in [4.69, 9.17) is 4.74 Å². The molecule has 6 heteroatoms. The second-order valence-electron chi connectivity index (χ2n) is 5.96. The van der Waals surface area contributed by atoms with Gasteiger partial charge in [-0.3, -0.25) is 4.79 Å². The maximum Gasteiger partial charge on any atom is 0.260 e. The molecule has 0 spiro atoms. The molecule has 23 heavy (non-hydrogen) atoms. The molecule has 128 valence electrons. The summed E-state index contributed by atoms with van der Waals surface area (Å²) >= 11 is 0. The highest BCUT2D eigenvalue weighted by Crippen LogP contribution is 2.19. The summed E-state index contributed by atoms with van der Waals surface area (Å²) in [6, 6.07) is 3.16. The van der Waals surface area contributed by atoms with Gasteiger partial charge in [-0.25, -0.2) is 8.78 Å². The quantitative estimate of drug-likeness (QED) is 0.874. The highest BCUT2D eigenvalue weighted by atomic mass is 19.1. The molecule has 0 radical (unpaired) electrons. The smallest absolute Gasteiger partial charge is 0.260 e. The molecule has 0 aromatic heterocycles. The summed E-state index contributed by atoms with van der Waals surface area (Å²) in [5.74, 6) is -1.88. The minimum Gasteiger partial charge on any atom is -0.478 e. The first-order valence-corrected chi connectivity index (χ1v) is 8.14. The summed E-state index contributed by atoms with van der Waals surface area (Å²) in [5.41, 5.74) is 0. The summed E-state index contributed by atoms with van der Waals surface area (Å²) in [4.78, 5) is 14.5. The van der Waals surface area contributed by atoms with Crippen LogP contribution < -0.4 is 10.1 Å². The molecule has 1 aliphatic heterocycles. The van der Waals surface area contributed by atoms with Crippen molar-refractivity contribution in [3.05, 3.63) is 29.8 Å². The number of nitrogens with one attached hydrogen (secondary N) is 1. The number of carbonyl (C=O) groups excluding carboxylic acids is 1. The largest absolute Gasteiger partial charge is 0.478 e. The molecule has 0 bridgehead atoms. The first kappa shape index (κ1) is 17.7. The molecule has 1 amide bonds. The molecule has 1 unspecified atom stereocenters. The van der Waals surface area contributed by atoms with Crippen LogP contribution in [0, 0.1) is 11.6 Å². The lowest BCUT2D eigenvalue weighted by molar-refractivity contribution is -0.128. The van der Waals surface area contributed by atoms with E-state index in [1.807, 2.05) is 0 Å². The lowest BCUT2D eigenvalue weighted by Crippen LogP contribution is -2.48. The van der Waals surface area contributed by atoms with Gasteiger partial charge in [0, 0.05) is 25.2 Å². The Bertz CT molecular complexity index is 531. The van der Waals surface area contributed by atoms with E-state index in [9.17, 15) is 13.6 Å². The predicted molar refractivity (Wildman–Crippen MR) is 84.3 cm³/mol. The van der Waals surface area contributed by atoms with Gasteiger partial charge in [0.15, 0.2) is 17.7 Å². The number of halogens is 2. The second kappa shape index (κ2) is 8.24. The predicted octanol–water partition coefficient (Wildman–Crippen LogP) is 2.72. The van der Waals surface area contributed by atoms with E-state index in [1.54, 1.807) is 6.92 Å². The Labute approximate surface area is 135 Å². The van der Waals surface area contributed by atoms with E-state index in [-0.39, 0.29) is 17.7 Å². The Morgan fingerprint density at radius 1 is 1.39 bits per heavy atom. The van der Waals surface area contributed by atoms with Gasteiger partial charge in [0.1, 0.15) is 5.82 Å². The van der Waals surface area contributed by atoms with Crippen LogP contribution in [0.1, 0.15) is 33.1 Å². The van der Waals surface area contributed by atoms with Crippen LogP contribution in [0.3, 0.4) is 0 Å². The van der Waals surface area contributed by atoms with E-state index < -0.39 is 17.7 Å². The number of carbonyl (C=O) groups is 1. The number of amides is 1. The van der Waals surface area contributed by atoms with Crippen LogP contribution in [-0.2, 0) is 4.79 Å². The topological polar surface area (TPSA) is 41.6 Å². The molecule has 2 rings (SSSR count). The lowest BCUT2D eigenvalue weighted by Gasteiger charge is -2.32. The van der Waals surface area contributed by atoms with Crippen LogP contribution in [0.25, 0.3) is 0 Å². The molecular weight excluding hydrogens is 302 g/mol. The molecule has 1 fully saturated rings. The molecule has 1 aliphatic rings. The zero-order valence-corrected chi connectivity index (χ0v) is 13.6. The van der Waals surface area contributed by atoms with Crippen molar-refractivity contribution in [1.29, 1.82) is 0 Å². The van der Waals surface area contributed by atoms with Crippen molar-refractivity contribution >= 4 is 5.91 Å². The van der Waals surface area contributed by atoms with Gasteiger partial charge in [0.25, 0.3) is 5.91 Å². The second-order valence-corrected chi connectivity index (χ2v) is 5.96. The Hall–Kier alpha value is -1.69. The van der Waals surface area contributed by atoms with Gasteiger partial charge in [0.05, 0.1) is 0 Å². The maximum atomic E-state index is 13.5. The van der Waals surface area contributed by atoms with Crippen molar-refractivity contribution in [3.8, 4) is 5.75 Å². The molecule has 1 heterocycles. The molecule has 0 saturated carbocycles. The fourth-order valence-electron chi connectivity index (χ4n) is 2.75. The van der Waals surface area contributed by atoms with E-state index in [2.05, 4.69) is 17.1 Å². The number of piperidine rings is 1. The van der Waals surface area contributed by atoms with Crippen LogP contribution in [0.4, 0.5) is 8.78 Å². The molecular formula is C17H24F2N2O2. The maximum absolute atomic E-state index is 13.5. The van der Waals surface area contributed by atoms with E-state index in [0.29, 0.717) is 0 Å². The van der Waals surface area contributed by atoms with E-state index in [1.165, 1.54) is 6.07 Å². The summed E-state index contributed by atoms with van der Waals surface area (Å²) in [7, 11) is 0. The van der Waals surface area contributed by atoms with Gasteiger partial charge < -0.3 is 15.0 Å². The van der Waals surface area contributed by atoms with Crippen molar-refractivity contribution < 1.29 is 18.3 Å². The highest BCUT2D eigenvalue weighted by Gasteiger charge is 2.23. The molecule has 1 atom stereocenters. The minimum absolute atomic E-state index is 0.119. The first-order valence-electron chi connectivity index (χ1n) is 8.14. The molecule has 1 saturated heterocycles. The Balaban J connectivity index is 1.81. The number of benzene rings is 1. The molecule has 0 aliphatic carbocycles. The zero-order valence-electron chi connectivity index (χ0n) is 13.6. The molecule has 4 nitrogen and oxygen atoms in total. The van der Waals surface area contributed by atoms with Crippen LogP contribution in [-0.4, -0.2) is 42.6 Å². The number of rotatable bonds is 6. The third-order valence-electron chi connectivity index (χ3n) is 4.04. The standard InChI is InChI=1S/C17H24F2N2O2/c1-3-8-21-9-6-14(7-10-21)20-17(22)12(2)23-16-5-4-13(18)11-15(16)19/h4-5,11-12,14H,3,6-10H2,1-2H3,(H,20,22). The number of hydrogen-bond donors (Lipinski definition) is 1. The third kappa shape index (κ3) is 5.16. The van der Waals surface area contributed by atoms with Crippen molar-refractivity contribution in [1.82, 2.24) is 10.2 Å². The van der Waals surface area contributed by atoms with Gasteiger partial charge in [0.2, 0.25) is 0 Å². The van der Waals surface area contributed by atoms with Crippen molar-refractivity contribution in [2.45, 2.75) is 45.3 Å². The van der Waals surface area contributed by atoms with Crippen molar-refractivity contribution in [3.63, 3.8) is 0 Å². The summed E-state index contributed by atoms with van der Waals surface area (Å²) in [6.45, 7) is 6.75. The number of likely N-dealkylation sites (tertiary alicyclic amines) is 1. The number of ether oxygens (including phenoxy) is 1. The fraction of sp³-hybridized carbons (Fsp3) is 0.588. The van der Waals surface area contributed by atoms with E-state index in [0.717, 1.165) is 51.0 Å². The average Bonchev–Trinajstić information content (AvgIpc) is 2.52. The third-order valence-corrected chi connectivity index (χ3v) is 4.04. The highest BCUT2D eigenvalue weighted by molar-refractivity contribution is 5.81. The van der Waals surface area contributed by atoms with Gasteiger partial charge in [-0.2, -0.15) is 0 Å². The van der Waals surface area contributed by atoms with Crippen LogP contribution in [0.2, 0.25) is 0 Å². The SMILES string of the molecule is CCCN1CCC(NC(=O)C(C)Oc2ccc(F)cc2F)CC1. The monoisotopic (exact) mass is 326 g/mol. The minimum atomic E-state index is -0.830. The summed E-state index contributed by atoms with van der Waals surface area (Å²) < 4.78 is 31.7. The van der Waals surface area contributed by atoms with Crippen LogP contribution in [0.5, 0.6) is 5.75 Å². The Kier molecular flexibility index (Phi) is 6.33. The fourth-order valence-corrected chi connectivity index (χ4v) is 2.75. The van der Waals surface area contributed by atoms with Gasteiger partial charge >= 0.3 is 0 Å². The molecule has 1 aromatic rings. The molecule has 1 N–H and O–H groups in total.